The van der Waals surface area contributed by atoms with E-state index in [4.69, 9.17) is 14.2 Å². The molecule has 0 saturated carbocycles. The first-order valence-corrected chi connectivity index (χ1v) is 10.6. The summed E-state index contributed by atoms with van der Waals surface area (Å²) in [6.07, 6.45) is -2.79. The second-order valence-corrected chi connectivity index (χ2v) is 8.02. The van der Waals surface area contributed by atoms with E-state index in [-0.39, 0.29) is 30.6 Å². The Bertz CT molecular complexity index is 1010. The molecule has 2 aromatic rings. The maximum Gasteiger partial charge on any atom is 0.416 e. The molecule has 3 rings (SSSR count). The summed E-state index contributed by atoms with van der Waals surface area (Å²) in [6.45, 7) is 1.71. The van der Waals surface area contributed by atoms with Crippen LogP contribution in [-0.2, 0) is 26.9 Å². The van der Waals surface area contributed by atoms with Crippen LogP contribution in [0.25, 0.3) is 0 Å². The lowest BCUT2D eigenvalue weighted by Crippen LogP contribution is -2.45. The number of hydrogen-bond acceptors (Lipinski definition) is 7. The molecule has 1 aliphatic heterocycles. The van der Waals surface area contributed by atoms with Gasteiger partial charge in [-0.1, -0.05) is 12.1 Å². The van der Waals surface area contributed by atoms with E-state index in [0.29, 0.717) is 18.4 Å². The Morgan fingerprint density at radius 3 is 2.59 bits per heavy atom. The molecule has 8 nitrogen and oxygen atoms in total. The third-order valence-corrected chi connectivity index (χ3v) is 5.34. The van der Waals surface area contributed by atoms with Gasteiger partial charge in [0.15, 0.2) is 23.2 Å². The van der Waals surface area contributed by atoms with Crippen molar-refractivity contribution in [3.05, 3.63) is 53.3 Å². The number of nitrogens with one attached hydrogen (secondary N) is 1. The highest BCUT2D eigenvalue weighted by molar-refractivity contribution is 5.98. The number of halogens is 3. The van der Waals surface area contributed by atoms with Crippen LogP contribution in [0.2, 0.25) is 0 Å². The van der Waals surface area contributed by atoms with Crippen molar-refractivity contribution in [2.75, 3.05) is 20.3 Å². The quantitative estimate of drug-likeness (QED) is 0.631. The number of methoxy groups -OCH3 is 1. The number of aromatic hydroxyl groups is 1. The van der Waals surface area contributed by atoms with Gasteiger partial charge in [-0.2, -0.15) is 13.2 Å². The summed E-state index contributed by atoms with van der Waals surface area (Å²) in [7, 11) is 1.32. The molecule has 1 amide bonds. The first kappa shape index (κ1) is 25.3. The van der Waals surface area contributed by atoms with Gasteiger partial charge in [0.25, 0.3) is 5.91 Å². The smallest absolute Gasteiger partial charge is 0.416 e. The molecule has 0 bridgehead atoms. The normalized spacial score (nSPS) is 21.6. The Morgan fingerprint density at radius 2 is 1.94 bits per heavy atom. The molecule has 2 N–H and O–H groups in total. The van der Waals surface area contributed by atoms with Gasteiger partial charge in [0.1, 0.15) is 0 Å². The van der Waals surface area contributed by atoms with Crippen molar-refractivity contribution < 1.29 is 42.1 Å². The minimum absolute atomic E-state index is 0.0492. The van der Waals surface area contributed by atoms with Crippen LogP contribution in [-0.4, -0.2) is 54.4 Å². The number of amides is 1. The molecule has 3 atom stereocenters. The predicted octanol–water partition coefficient (Wildman–Crippen LogP) is 3.12. The number of carbonyl (C=O) groups excluding carboxylic acids is 2. The van der Waals surface area contributed by atoms with Crippen molar-refractivity contribution in [2.45, 2.75) is 38.1 Å². The van der Waals surface area contributed by atoms with Crippen molar-refractivity contribution in [3.63, 3.8) is 0 Å². The van der Waals surface area contributed by atoms with E-state index in [1.54, 1.807) is 6.92 Å². The molecule has 1 aliphatic rings. The van der Waals surface area contributed by atoms with Crippen molar-refractivity contribution in [2.24, 2.45) is 5.92 Å². The predicted molar refractivity (Wildman–Crippen MR) is 113 cm³/mol. The largest absolute Gasteiger partial charge is 0.503 e. The molecule has 0 spiro atoms. The van der Waals surface area contributed by atoms with E-state index < -0.39 is 41.5 Å². The number of nitrogens with zero attached hydrogens (tertiary/aromatic N) is 1. The van der Waals surface area contributed by atoms with Gasteiger partial charge in [-0.05, 0) is 43.4 Å². The molecule has 34 heavy (non-hydrogen) atoms. The molecule has 1 saturated heterocycles. The molecular weight excluding hydrogens is 457 g/mol. The Labute approximate surface area is 194 Å². The molecule has 0 radical (unpaired) electrons. The van der Waals surface area contributed by atoms with E-state index >= 15 is 0 Å². The van der Waals surface area contributed by atoms with Gasteiger partial charge in [0.05, 0.1) is 25.4 Å². The molecule has 1 aromatic carbocycles. The molecule has 11 heteroatoms. The number of hydrogen-bond donors (Lipinski definition) is 2. The standard InChI is InChI=1S/C23H25F3N2O6/c1-13-9-15(10-14-3-5-16(6-4-14)23(24,25)26)11-33-12-17(22(31)34-13)28-21(30)19-20(29)18(32-2)7-8-27-19/h3-8,13,15,17,29H,9-12H2,1-2H3,(H,28,30)/t13-,15-,17-/m0/s1. The van der Waals surface area contributed by atoms with E-state index in [1.165, 1.54) is 31.5 Å². The number of alkyl halides is 3. The van der Waals surface area contributed by atoms with Crippen LogP contribution in [0.5, 0.6) is 11.5 Å². The summed E-state index contributed by atoms with van der Waals surface area (Å²) in [6, 6.07) is 5.13. The van der Waals surface area contributed by atoms with Gasteiger partial charge in [-0.3, -0.25) is 4.79 Å². The van der Waals surface area contributed by atoms with Crippen LogP contribution in [0.3, 0.4) is 0 Å². The zero-order valence-corrected chi connectivity index (χ0v) is 18.6. The highest BCUT2D eigenvalue weighted by Crippen LogP contribution is 2.30. The molecule has 1 aromatic heterocycles. The second kappa shape index (κ2) is 10.7. The van der Waals surface area contributed by atoms with Gasteiger partial charge in [0, 0.05) is 18.9 Å². The fourth-order valence-electron chi connectivity index (χ4n) is 3.69. The average molecular weight is 482 g/mol. The van der Waals surface area contributed by atoms with Crippen molar-refractivity contribution in [1.29, 1.82) is 0 Å². The van der Waals surface area contributed by atoms with E-state index in [0.717, 1.165) is 12.1 Å². The van der Waals surface area contributed by atoms with Crippen LogP contribution in [0.4, 0.5) is 13.2 Å². The number of ether oxygens (including phenoxy) is 3. The van der Waals surface area contributed by atoms with E-state index in [1.807, 2.05) is 0 Å². The van der Waals surface area contributed by atoms with Crippen LogP contribution >= 0.6 is 0 Å². The molecular formula is C23H25F3N2O6. The van der Waals surface area contributed by atoms with Crippen molar-refractivity contribution in [3.8, 4) is 11.5 Å². The molecule has 1 fully saturated rings. The summed E-state index contributed by atoms with van der Waals surface area (Å²) >= 11 is 0. The molecule has 0 aliphatic carbocycles. The third kappa shape index (κ3) is 6.37. The molecule has 184 valence electrons. The lowest BCUT2D eigenvalue weighted by Gasteiger charge is -2.20. The lowest BCUT2D eigenvalue weighted by molar-refractivity contribution is -0.151. The highest BCUT2D eigenvalue weighted by atomic mass is 19.4. The topological polar surface area (TPSA) is 107 Å². The fourth-order valence-corrected chi connectivity index (χ4v) is 3.69. The Morgan fingerprint density at radius 1 is 1.24 bits per heavy atom. The summed E-state index contributed by atoms with van der Waals surface area (Å²) in [5.74, 6) is -2.07. The van der Waals surface area contributed by atoms with E-state index in [2.05, 4.69) is 10.3 Å². The van der Waals surface area contributed by atoms with Gasteiger partial charge in [-0.15, -0.1) is 0 Å². The van der Waals surface area contributed by atoms with Crippen molar-refractivity contribution in [1.82, 2.24) is 10.3 Å². The number of benzene rings is 1. The van der Waals surface area contributed by atoms with Crippen LogP contribution in [0.1, 0.15) is 35.0 Å². The van der Waals surface area contributed by atoms with Crippen molar-refractivity contribution >= 4 is 11.9 Å². The molecule has 0 unspecified atom stereocenters. The highest BCUT2D eigenvalue weighted by Gasteiger charge is 2.31. The minimum atomic E-state index is -4.40. The average Bonchev–Trinajstić information content (AvgIpc) is 2.83. The fraction of sp³-hybridized carbons (Fsp3) is 0.435. The van der Waals surface area contributed by atoms with Gasteiger partial charge < -0.3 is 24.6 Å². The van der Waals surface area contributed by atoms with Gasteiger partial charge >= 0.3 is 12.1 Å². The summed E-state index contributed by atoms with van der Waals surface area (Å²) in [4.78, 5) is 29.0. The van der Waals surface area contributed by atoms with Crippen LogP contribution in [0.15, 0.2) is 36.5 Å². The monoisotopic (exact) mass is 482 g/mol. The summed E-state index contributed by atoms with van der Waals surface area (Å²) in [5, 5.41) is 12.6. The number of esters is 1. The SMILES string of the molecule is COc1ccnc(C(=O)N[C@H]2COC[C@H](Cc3ccc(C(F)(F)F)cc3)C[C@H](C)OC2=O)c1O. The number of cyclic esters (lactones) is 1. The number of pyridine rings is 1. The van der Waals surface area contributed by atoms with E-state index in [9.17, 15) is 27.9 Å². The number of carbonyl (C=O) groups is 2. The number of aromatic nitrogens is 1. The van der Waals surface area contributed by atoms with Crippen LogP contribution in [0, 0.1) is 5.92 Å². The summed E-state index contributed by atoms with van der Waals surface area (Å²) < 4.78 is 54.4. The maximum atomic E-state index is 12.8. The molecule has 2 heterocycles. The first-order valence-electron chi connectivity index (χ1n) is 10.6. The Balaban J connectivity index is 1.65. The minimum Gasteiger partial charge on any atom is -0.503 e. The zero-order chi connectivity index (χ0) is 24.9. The number of rotatable bonds is 5. The third-order valence-electron chi connectivity index (χ3n) is 5.34. The Kier molecular flexibility index (Phi) is 7.98. The van der Waals surface area contributed by atoms with Gasteiger partial charge in [-0.25, -0.2) is 9.78 Å². The Hall–Kier alpha value is -3.34. The maximum absolute atomic E-state index is 12.8. The lowest BCUT2D eigenvalue weighted by atomic mass is 9.94. The van der Waals surface area contributed by atoms with Crippen LogP contribution < -0.4 is 10.1 Å². The first-order chi connectivity index (χ1) is 16.1. The second-order valence-electron chi connectivity index (χ2n) is 8.02. The van der Waals surface area contributed by atoms with Gasteiger partial charge in [0.2, 0.25) is 0 Å². The summed E-state index contributed by atoms with van der Waals surface area (Å²) in [5.41, 5.74) is -0.344. The zero-order valence-electron chi connectivity index (χ0n) is 18.6.